The molecular formula is C19H28N4O. The van der Waals surface area contributed by atoms with Crippen molar-refractivity contribution in [3.63, 3.8) is 0 Å². The van der Waals surface area contributed by atoms with Crippen molar-refractivity contribution in [2.75, 3.05) is 26.2 Å². The van der Waals surface area contributed by atoms with E-state index in [-0.39, 0.29) is 12.0 Å². The monoisotopic (exact) mass is 328 g/mol. The van der Waals surface area contributed by atoms with Crippen molar-refractivity contribution in [2.45, 2.75) is 38.3 Å². The number of nitrogens with zero attached hydrogens (tertiary/aromatic N) is 3. The van der Waals surface area contributed by atoms with Gasteiger partial charge in [-0.25, -0.2) is 0 Å². The van der Waals surface area contributed by atoms with Gasteiger partial charge in [0.2, 0.25) is 5.91 Å². The summed E-state index contributed by atoms with van der Waals surface area (Å²) in [5.41, 5.74) is 7.60. The number of hydrogen-bond acceptors (Lipinski definition) is 4. The van der Waals surface area contributed by atoms with Crippen molar-refractivity contribution in [1.82, 2.24) is 14.8 Å². The molecule has 5 atom stereocenters. The summed E-state index contributed by atoms with van der Waals surface area (Å²) in [5, 5.41) is 0. The lowest BCUT2D eigenvalue weighted by atomic mass is 9.84. The van der Waals surface area contributed by atoms with Gasteiger partial charge in [0.1, 0.15) is 0 Å². The van der Waals surface area contributed by atoms with E-state index in [1.165, 1.54) is 24.8 Å². The predicted octanol–water partition coefficient (Wildman–Crippen LogP) is 1.66. The average Bonchev–Trinajstić information content (AvgIpc) is 3.23. The van der Waals surface area contributed by atoms with Crippen LogP contribution in [0.4, 0.5) is 0 Å². The molecule has 0 spiro atoms. The van der Waals surface area contributed by atoms with Crippen molar-refractivity contribution in [3.8, 4) is 0 Å². The third-order valence-corrected chi connectivity index (χ3v) is 6.61. The predicted molar refractivity (Wildman–Crippen MR) is 93.1 cm³/mol. The van der Waals surface area contributed by atoms with Gasteiger partial charge in [-0.3, -0.25) is 14.7 Å². The zero-order valence-corrected chi connectivity index (χ0v) is 14.5. The van der Waals surface area contributed by atoms with Gasteiger partial charge in [0.25, 0.3) is 0 Å². The Morgan fingerprint density at radius 3 is 2.62 bits per heavy atom. The Morgan fingerprint density at radius 1 is 1.25 bits per heavy atom. The molecule has 5 nitrogen and oxygen atoms in total. The van der Waals surface area contributed by atoms with Crippen LogP contribution in [0.25, 0.3) is 0 Å². The Kier molecular flexibility index (Phi) is 4.31. The number of aromatic nitrogens is 1. The normalized spacial score (nSPS) is 34.5. The number of hydrogen-bond donors (Lipinski definition) is 1. The molecule has 1 amide bonds. The molecule has 5 unspecified atom stereocenters. The second kappa shape index (κ2) is 6.45. The molecular weight excluding hydrogens is 300 g/mol. The highest BCUT2D eigenvalue weighted by atomic mass is 16.2. The molecule has 130 valence electrons. The standard InChI is InChI=1S/C19H28N4O/c1-13(16-3-2-6-21-12-16)22-7-9-23(10-8-22)19(24)17-14-4-5-15(11-14)18(17)20/h2-3,6,12-15,17-18H,4-5,7-11,20H2,1H3. The van der Waals surface area contributed by atoms with Crippen LogP contribution >= 0.6 is 0 Å². The third kappa shape index (κ3) is 2.74. The second-order valence-electron chi connectivity index (χ2n) is 7.76. The lowest BCUT2D eigenvalue weighted by Gasteiger charge is -2.40. The van der Waals surface area contributed by atoms with E-state index in [1.54, 1.807) is 0 Å². The summed E-state index contributed by atoms with van der Waals surface area (Å²) < 4.78 is 0. The van der Waals surface area contributed by atoms with Crippen LogP contribution in [-0.2, 0) is 4.79 Å². The molecule has 3 aliphatic rings. The first-order chi connectivity index (χ1) is 11.6. The first-order valence-corrected chi connectivity index (χ1v) is 9.33. The van der Waals surface area contributed by atoms with Crippen molar-refractivity contribution in [1.29, 1.82) is 0 Å². The van der Waals surface area contributed by atoms with E-state index in [4.69, 9.17) is 5.73 Å². The van der Waals surface area contributed by atoms with E-state index in [0.29, 0.717) is 23.8 Å². The van der Waals surface area contributed by atoms with Gasteiger partial charge in [-0.15, -0.1) is 0 Å². The quantitative estimate of drug-likeness (QED) is 0.917. The smallest absolute Gasteiger partial charge is 0.227 e. The van der Waals surface area contributed by atoms with Crippen LogP contribution in [0.1, 0.15) is 37.8 Å². The van der Waals surface area contributed by atoms with Crippen molar-refractivity contribution in [3.05, 3.63) is 30.1 Å². The van der Waals surface area contributed by atoms with Gasteiger partial charge >= 0.3 is 0 Å². The van der Waals surface area contributed by atoms with Crippen LogP contribution in [0, 0.1) is 17.8 Å². The van der Waals surface area contributed by atoms with E-state index < -0.39 is 0 Å². The van der Waals surface area contributed by atoms with Crippen molar-refractivity contribution in [2.24, 2.45) is 23.5 Å². The molecule has 0 radical (unpaired) electrons. The molecule has 3 fully saturated rings. The topological polar surface area (TPSA) is 62.5 Å². The van der Waals surface area contributed by atoms with Crippen LogP contribution in [-0.4, -0.2) is 52.9 Å². The number of rotatable bonds is 3. The summed E-state index contributed by atoms with van der Waals surface area (Å²) >= 11 is 0. The summed E-state index contributed by atoms with van der Waals surface area (Å²) in [6.45, 7) is 5.73. The molecule has 1 saturated heterocycles. The van der Waals surface area contributed by atoms with E-state index in [9.17, 15) is 4.79 Å². The molecule has 1 aromatic heterocycles. The molecule has 2 N–H and O–H groups in total. The van der Waals surface area contributed by atoms with E-state index in [1.807, 2.05) is 18.5 Å². The highest BCUT2D eigenvalue weighted by Crippen LogP contribution is 2.48. The van der Waals surface area contributed by atoms with E-state index in [0.717, 1.165) is 26.2 Å². The Labute approximate surface area is 144 Å². The minimum absolute atomic E-state index is 0.0889. The zero-order chi connectivity index (χ0) is 16.7. The van der Waals surface area contributed by atoms with Gasteiger partial charge in [0.15, 0.2) is 0 Å². The molecule has 2 bridgehead atoms. The van der Waals surface area contributed by atoms with Crippen molar-refractivity contribution < 1.29 is 4.79 Å². The Morgan fingerprint density at radius 2 is 2.00 bits per heavy atom. The van der Waals surface area contributed by atoms with Crippen LogP contribution in [0.5, 0.6) is 0 Å². The molecule has 2 aliphatic carbocycles. The first-order valence-electron chi connectivity index (χ1n) is 9.33. The molecule has 5 heteroatoms. The summed E-state index contributed by atoms with van der Waals surface area (Å²) in [4.78, 5) is 21.7. The zero-order valence-electron chi connectivity index (χ0n) is 14.5. The van der Waals surface area contributed by atoms with E-state index >= 15 is 0 Å². The van der Waals surface area contributed by atoms with Crippen LogP contribution in [0.3, 0.4) is 0 Å². The number of piperazine rings is 1. The minimum Gasteiger partial charge on any atom is -0.340 e. The maximum atomic E-state index is 13.0. The largest absolute Gasteiger partial charge is 0.340 e. The summed E-state index contributed by atoms with van der Waals surface area (Å²) in [6, 6.07) is 4.57. The minimum atomic E-state index is 0.0889. The highest BCUT2D eigenvalue weighted by molar-refractivity contribution is 5.80. The number of pyridine rings is 1. The lowest BCUT2D eigenvalue weighted by Crippen LogP contribution is -2.54. The summed E-state index contributed by atoms with van der Waals surface area (Å²) in [5.74, 6) is 1.55. The Bertz CT molecular complexity index is 582. The molecule has 1 aliphatic heterocycles. The van der Waals surface area contributed by atoms with Gasteiger partial charge in [0, 0.05) is 50.7 Å². The molecule has 2 saturated carbocycles. The Hall–Kier alpha value is -1.46. The third-order valence-electron chi connectivity index (χ3n) is 6.61. The van der Waals surface area contributed by atoms with Crippen LogP contribution < -0.4 is 5.73 Å². The lowest BCUT2D eigenvalue weighted by molar-refractivity contribution is -0.139. The summed E-state index contributed by atoms with van der Waals surface area (Å²) in [7, 11) is 0. The molecule has 1 aromatic rings. The molecule has 2 heterocycles. The fraction of sp³-hybridized carbons (Fsp3) is 0.684. The Balaban J connectivity index is 1.35. The molecule has 0 aromatic carbocycles. The summed E-state index contributed by atoms with van der Waals surface area (Å²) in [6.07, 6.45) is 7.36. The van der Waals surface area contributed by atoms with Gasteiger partial charge in [-0.1, -0.05) is 6.07 Å². The first kappa shape index (κ1) is 16.0. The van der Waals surface area contributed by atoms with Gasteiger partial charge < -0.3 is 10.6 Å². The maximum Gasteiger partial charge on any atom is 0.227 e. The number of carbonyl (C=O) groups is 1. The molecule has 4 rings (SSSR count). The fourth-order valence-electron chi connectivity index (χ4n) is 5.08. The van der Waals surface area contributed by atoms with Gasteiger partial charge in [0.05, 0.1) is 5.92 Å². The number of fused-ring (bicyclic) bond motifs is 2. The average molecular weight is 328 g/mol. The fourth-order valence-corrected chi connectivity index (χ4v) is 5.08. The highest BCUT2D eigenvalue weighted by Gasteiger charge is 2.50. The number of amides is 1. The van der Waals surface area contributed by atoms with E-state index in [2.05, 4.69) is 27.8 Å². The second-order valence-corrected chi connectivity index (χ2v) is 7.76. The SMILES string of the molecule is CC(c1cccnc1)N1CCN(C(=O)C2C3CCC(C3)C2N)CC1. The van der Waals surface area contributed by atoms with Gasteiger partial charge in [-0.05, 0) is 49.7 Å². The molecule has 24 heavy (non-hydrogen) atoms. The maximum absolute atomic E-state index is 13.0. The van der Waals surface area contributed by atoms with Gasteiger partial charge in [-0.2, -0.15) is 0 Å². The number of nitrogens with two attached hydrogens (primary N) is 1. The van der Waals surface area contributed by atoms with Crippen molar-refractivity contribution >= 4 is 5.91 Å². The number of carbonyl (C=O) groups excluding carboxylic acids is 1. The van der Waals surface area contributed by atoms with Crippen LogP contribution in [0.2, 0.25) is 0 Å². The van der Waals surface area contributed by atoms with Crippen LogP contribution in [0.15, 0.2) is 24.5 Å².